The highest BCUT2D eigenvalue weighted by molar-refractivity contribution is 6.30. The Balaban J connectivity index is 2.43. The number of hydrogen-bond acceptors (Lipinski definition) is 1. The molecule has 0 heterocycles. The summed E-state index contributed by atoms with van der Waals surface area (Å²) in [4.78, 5) is 0. The lowest BCUT2D eigenvalue weighted by atomic mass is 9.95. The Labute approximate surface area is 127 Å². The van der Waals surface area contributed by atoms with Crippen molar-refractivity contribution in [3.63, 3.8) is 0 Å². The highest BCUT2D eigenvalue weighted by atomic mass is 35.5. The molecule has 0 aromatic heterocycles. The van der Waals surface area contributed by atoms with Crippen LogP contribution in [0, 0.1) is 6.92 Å². The summed E-state index contributed by atoms with van der Waals surface area (Å²) in [7, 11) is 0. The number of hydrogen-bond donors (Lipinski definition) is 1. The van der Waals surface area contributed by atoms with Gasteiger partial charge in [0.1, 0.15) is 0 Å². The summed E-state index contributed by atoms with van der Waals surface area (Å²) in [6.45, 7) is 7.33. The van der Waals surface area contributed by atoms with E-state index in [0.717, 1.165) is 18.0 Å². The zero-order valence-corrected chi connectivity index (χ0v) is 13.2. The van der Waals surface area contributed by atoms with E-state index < -0.39 is 0 Å². The lowest BCUT2D eigenvalue weighted by molar-refractivity contribution is 0.629. The summed E-state index contributed by atoms with van der Waals surface area (Å²) in [6.07, 6.45) is 1.06. The third-order valence-electron chi connectivity index (χ3n) is 3.50. The smallest absolute Gasteiger partial charge is 0.0577 e. The monoisotopic (exact) mass is 287 g/mol. The normalized spacial score (nSPS) is 12.4. The van der Waals surface area contributed by atoms with Crippen LogP contribution in [0.3, 0.4) is 0 Å². The van der Waals surface area contributed by atoms with Crippen LogP contribution in [0.1, 0.15) is 42.1 Å². The quantitative estimate of drug-likeness (QED) is 0.824. The minimum absolute atomic E-state index is 0.198. The zero-order chi connectivity index (χ0) is 14.5. The third kappa shape index (κ3) is 3.62. The molecule has 0 aliphatic heterocycles. The van der Waals surface area contributed by atoms with Gasteiger partial charge in [0.25, 0.3) is 0 Å². The minimum Gasteiger partial charge on any atom is -0.307 e. The second kappa shape index (κ2) is 6.92. The molecule has 2 heteroatoms. The standard InChI is InChI=1S/C18H22ClN/c1-4-14-7-6-8-15(11-14)18(20-5-2)16-9-13(3)10-17(19)12-16/h6-12,18,20H,4-5H2,1-3H3. The Morgan fingerprint density at radius 3 is 2.50 bits per heavy atom. The van der Waals surface area contributed by atoms with Crippen LogP contribution in [-0.2, 0) is 6.42 Å². The molecule has 0 bridgehead atoms. The lowest BCUT2D eigenvalue weighted by Crippen LogP contribution is -2.22. The first kappa shape index (κ1) is 15.1. The summed E-state index contributed by atoms with van der Waals surface area (Å²) in [5.74, 6) is 0. The molecule has 2 aromatic rings. The van der Waals surface area contributed by atoms with Gasteiger partial charge in [-0.2, -0.15) is 0 Å². The van der Waals surface area contributed by atoms with E-state index >= 15 is 0 Å². The predicted molar refractivity (Wildman–Crippen MR) is 87.5 cm³/mol. The average Bonchev–Trinajstić information content (AvgIpc) is 2.43. The fourth-order valence-electron chi connectivity index (χ4n) is 2.56. The molecule has 0 aliphatic carbocycles. The van der Waals surface area contributed by atoms with E-state index in [1.54, 1.807) is 0 Å². The fraction of sp³-hybridized carbons (Fsp3) is 0.333. The van der Waals surface area contributed by atoms with Gasteiger partial charge < -0.3 is 5.32 Å². The maximum atomic E-state index is 6.21. The van der Waals surface area contributed by atoms with Crippen LogP contribution in [-0.4, -0.2) is 6.54 Å². The van der Waals surface area contributed by atoms with Gasteiger partial charge in [0, 0.05) is 5.02 Å². The first-order valence-electron chi connectivity index (χ1n) is 7.23. The van der Waals surface area contributed by atoms with E-state index in [4.69, 9.17) is 11.6 Å². The molecular weight excluding hydrogens is 266 g/mol. The number of nitrogens with one attached hydrogen (secondary N) is 1. The van der Waals surface area contributed by atoms with E-state index in [0.29, 0.717) is 0 Å². The third-order valence-corrected chi connectivity index (χ3v) is 3.72. The second-order valence-corrected chi connectivity index (χ2v) is 5.59. The Kier molecular flexibility index (Phi) is 5.22. The minimum atomic E-state index is 0.198. The molecule has 0 radical (unpaired) electrons. The van der Waals surface area contributed by atoms with Crippen LogP contribution in [0.2, 0.25) is 5.02 Å². The Bertz CT molecular complexity index is 557. The van der Waals surface area contributed by atoms with Gasteiger partial charge in [0.2, 0.25) is 0 Å². The van der Waals surface area contributed by atoms with Crippen molar-refractivity contribution in [1.29, 1.82) is 0 Å². The van der Waals surface area contributed by atoms with E-state index in [2.05, 4.69) is 62.5 Å². The van der Waals surface area contributed by atoms with Crippen molar-refractivity contribution >= 4 is 11.6 Å². The van der Waals surface area contributed by atoms with Gasteiger partial charge in [-0.25, -0.2) is 0 Å². The molecule has 1 atom stereocenters. The van der Waals surface area contributed by atoms with Crippen molar-refractivity contribution in [2.75, 3.05) is 6.54 Å². The molecule has 0 fully saturated rings. The van der Waals surface area contributed by atoms with E-state index in [9.17, 15) is 0 Å². The Morgan fingerprint density at radius 2 is 1.85 bits per heavy atom. The molecule has 1 unspecified atom stereocenters. The summed E-state index contributed by atoms with van der Waals surface area (Å²) < 4.78 is 0. The number of halogens is 1. The topological polar surface area (TPSA) is 12.0 Å². The summed E-state index contributed by atoms with van der Waals surface area (Å²) in [6, 6.07) is 15.2. The number of aryl methyl sites for hydroxylation is 2. The average molecular weight is 288 g/mol. The van der Waals surface area contributed by atoms with Crippen molar-refractivity contribution in [3.05, 3.63) is 69.7 Å². The van der Waals surface area contributed by atoms with Crippen LogP contribution < -0.4 is 5.32 Å². The Hall–Kier alpha value is -1.31. The highest BCUT2D eigenvalue weighted by Gasteiger charge is 2.14. The Morgan fingerprint density at radius 1 is 1.05 bits per heavy atom. The summed E-state index contributed by atoms with van der Waals surface area (Å²) in [5.41, 5.74) is 5.09. The van der Waals surface area contributed by atoms with Gasteiger partial charge in [-0.15, -0.1) is 0 Å². The van der Waals surface area contributed by atoms with Crippen molar-refractivity contribution < 1.29 is 0 Å². The van der Waals surface area contributed by atoms with E-state index in [1.807, 2.05) is 6.07 Å². The first-order valence-corrected chi connectivity index (χ1v) is 7.61. The largest absolute Gasteiger partial charge is 0.307 e. The maximum Gasteiger partial charge on any atom is 0.0577 e. The lowest BCUT2D eigenvalue weighted by Gasteiger charge is -2.20. The molecule has 0 saturated heterocycles. The van der Waals surface area contributed by atoms with Crippen LogP contribution in [0.4, 0.5) is 0 Å². The first-order chi connectivity index (χ1) is 9.63. The van der Waals surface area contributed by atoms with Crippen LogP contribution in [0.25, 0.3) is 0 Å². The molecule has 0 aliphatic rings. The maximum absolute atomic E-state index is 6.21. The molecule has 2 aromatic carbocycles. The molecule has 1 nitrogen and oxygen atoms in total. The van der Waals surface area contributed by atoms with Crippen LogP contribution >= 0.6 is 11.6 Å². The van der Waals surface area contributed by atoms with Gasteiger partial charge in [0.15, 0.2) is 0 Å². The van der Waals surface area contributed by atoms with Crippen molar-refractivity contribution in [2.45, 2.75) is 33.2 Å². The van der Waals surface area contributed by atoms with Crippen molar-refractivity contribution in [2.24, 2.45) is 0 Å². The zero-order valence-electron chi connectivity index (χ0n) is 12.4. The SMILES string of the molecule is CCNC(c1cc(C)cc(Cl)c1)c1cccc(CC)c1. The molecular formula is C18H22ClN. The molecule has 0 spiro atoms. The molecule has 0 saturated carbocycles. The van der Waals surface area contributed by atoms with Crippen molar-refractivity contribution in [1.82, 2.24) is 5.32 Å². The van der Waals surface area contributed by atoms with E-state index in [1.165, 1.54) is 22.3 Å². The number of benzene rings is 2. The summed E-state index contributed by atoms with van der Waals surface area (Å²) in [5, 5.41) is 4.36. The molecule has 2 rings (SSSR count). The van der Waals surface area contributed by atoms with E-state index in [-0.39, 0.29) is 6.04 Å². The molecule has 0 amide bonds. The van der Waals surface area contributed by atoms with Gasteiger partial charge in [-0.05, 0) is 54.3 Å². The molecule has 1 N–H and O–H groups in total. The molecule has 20 heavy (non-hydrogen) atoms. The number of rotatable bonds is 5. The van der Waals surface area contributed by atoms with Gasteiger partial charge >= 0.3 is 0 Å². The predicted octanol–water partition coefficient (Wildman–Crippen LogP) is 4.91. The second-order valence-electron chi connectivity index (χ2n) is 5.15. The van der Waals surface area contributed by atoms with Crippen molar-refractivity contribution in [3.8, 4) is 0 Å². The van der Waals surface area contributed by atoms with Gasteiger partial charge in [-0.3, -0.25) is 0 Å². The van der Waals surface area contributed by atoms with Crippen LogP contribution in [0.5, 0.6) is 0 Å². The van der Waals surface area contributed by atoms with Gasteiger partial charge in [0.05, 0.1) is 6.04 Å². The van der Waals surface area contributed by atoms with Crippen LogP contribution in [0.15, 0.2) is 42.5 Å². The van der Waals surface area contributed by atoms with Gasteiger partial charge in [-0.1, -0.05) is 55.8 Å². The molecule has 106 valence electrons. The highest BCUT2D eigenvalue weighted by Crippen LogP contribution is 2.26. The summed E-state index contributed by atoms with van der Waals surface area (Å²) >= 11 is 6.21. The fourth-order valence-corrected chi connectivity index (χ4v) is 2.85.